The highest BCUT2D eigenvalue weighted by atomic mass is 16.1. The summed E-state index contributed by atoms with van der Waals surface area (Å²) >= 11 is 0. The van der Waals surface area contributed by atoms with E-state index in [1.165, 1.54) is 0 Å². The lowest BCUT2D eigenvalue weighted by atomic mass is 10.1. The molecule has 1 unspecified atom stereocenters. The summed E-state index contributed by atoms with van der Waals surface area (Å²) in [6.07, 6.45) is 0.985. The van der Waals surface area contributed by atoms with Gasteiger partial charge in [-0.25, -0.2) is 0 Å². The topological polar surface area (TPSA) is 85.8 Å². The number of aldehydes is 1. The SMILES string of the molecule is CC(=N)CC(=O)CNC(C)c1ccc2[nH]c(C=O)cc2c1. The monoisotopic (exact) mass is 285 g/mol. The van der Waals surface area contributed by atoms with Gasteiger partial charge in [-0.05, 0) is 37.6 Å². The van der Waals surface area contributed by atoms with E-state index in [1.54, 1.807) is 6.92 Å². The number of H-pyrrole nitrogens is 1. The molecule has 0 bridgehead atoms. The molecule has 2 aromatic rings. The van der Waals surface area contributed by atoms with Crippen LogP contribution in [0.2, 0.25) is 0 Å². The second-order valence-electron chi connectivity index (χ2n) is 5.29. The first-order valence-corrected chi connectivity index (χ1v) is 6.86. The third kappa shape index (κ3) is 3.86. The summed E-state index contributed by atoms with van der Waals surface area (Å²) < 4.78 is 0. The summed E-state index contributed by atoms with van der Waals surface area (Å²) in [5, 5.41) is 11.4. The molecular weight excluding hydrogens is 266 g/mol. The standard InChI is InChI=1S/C16H19N3O2/c1-10(17)5-15(21)8-18-11(2)12-3-4-16-13(6-12)7-14(9-20)19-16/h3-4,6-7,9,11,17-19H,5,8H2,1-2H3. The van der Waals surface area contributed by atoms with Crippen molar-refractivity contribution in [3.05, 3.63) is 35.5 Å². The van der Waals surface area contributed by atoms with Gasteiger partial charge in [0.05, 0.1) is 12.2 Å². The van der Waals surface area contributed by atoms with Crippen LogP contribution in [-0.4, -0.2) is 29.3 Å². The van der Waals surface area contributed by atoms with Gasteiger partial charge in [0.25, 0.3) is 0 Å². The van der Waals surface area contributed by atoms with Crippen molar-refractivity contribution in [2.75, 3.05) is 6.54 Å². The smallest absolute Gasteiger partial charge is 0.166 e. The number of ketones is 1. The average molecular weight is 285 g/mol. The van der Waals surface area contributed by atoms with Crippen molar-refractivity contribution in [2.45, 2.75) is 26.3 Å². The number of aromatic nitrogens is 1. The third-order valence-electron chi connectivity index (χ3n) is 3.36. The third-order valence-corrected chi connectivity index (χ3v) is 3.36. The fourth-order valence-electron chi connectivity index (χ4n) is 2.25. The maximum Gasteiger partial charge on any atom is 0.166 e. The zero-order valence-corrected chi connectivity index (χ0v) is 12.2. The maximum atomic E-state index is 11.6. The molecule has 21 heavy (non-hydrogen) atoms. The van der Waals surface area contributed by atoms with Crippen molar-refractivity contribution in [2.24, 2.45) is 0 Å². The van der Waals surface area contributed by atoms with Crippen LogP contribution in [0.15, 0.2) is 24.3 Å². The van der Waals surface area contributed by atoms with E-state index in [-0.39, 0.29) is 24.8 Å². The maximum absolute atomic E-state index is 11.6. The van der Waals surface area contributed by atoms with E-state index in [2.05, 4.69) is 10.3 Å². The molecule has 1 aromatic carbocycles. The van der Waals surface area contributed by atoms with E-state index >= 15 is 0 Å². The minimum atomic E-state index is 0.0142. The zero-order valence-electron chi connectivity index (χ0n) is 12.2. The van der Waals surface area contributed by atoms with Crippen LogP contribution in [0.4, 0.5) is 0 Å². The molecule has 110 valence electrons. The molecule has 5 heteroatoms. The number of hydrogen-bond acceptors (Lipinski definition) is 4. The first kappa shape index (κ1) is 15.1. The molecule has 1 heterocycles. The average Bonchev–Trinajstić information content (AvgIpc) is 2.86. The lowest BCUT2D eigenvalue weighted by Gasteiger charge is -2.13. The van der Waals surface area contributed by atoms with Crippen molar-refractivity contribution in [1.29, 1.82) is 5.41 Å². The zero-order chi connectivity index (χ0) is 15.4. The summed E-state index contributed by atoms with van der Waals surface area (Å²) in [5.74, 6) is 0.0142. The highest BCUT2D eigenvalue weighted by Gasteiger charge is 2.10. The lowest BCUT2D eigenvalue weighted by molar-refractivity contribution is -0.117. The van der Waals surface area contributed by atoms with Gasteiger partial charge in [-0.1, -0.05) is 6.07 Å². The Morgan fingerprint density at radius 1 is 1.43 bits per heavy atom. The van der Waals surface area contributed by atoms with Crippen LogP contribution in [0.25, 0.3) is 10.9 Å². The van der Waals surface area contributed by atoms with E-state index in [1.807, 2.05) is 31.2 Å². The van der Waals surface area contributed by atoms with Crippen LogP contribution in [0.3, 0.4) is 0 Å². The number of fused-ring (bicyclic) bond motifs is 1. The molecule has 5 nitrogen and oxygen atoms in total. The Kier molecular flexibility index (Phi) is 4.65. The summed E-state index contributed by atoms with van der Waals surface area (Å²) in [7, 11) is 0. The summed E-state index contributed by atoms with van der Waals surface area (Å²) in [5.41, 5.74) is 2.91. The van der Waals surface area contributed by atoms with Crippen LogP contribution in [-0.2, 0) is 4.79 Å². The molecule has 0 fully saturated rings. The molecular formula is C16H19N3O2. The lowest BCUT2D eigenvalue weighted by Crippen LogP contribution is -2.26. The van der Waals surface area contributed by atoms with Crippen LogP contribution in [0, 0.1) is 5.41 Å². The quantitative estimate of drug-likeness (QED) is 0.540. The van der Waals surface area contributed by atoms with Crippen molar-refractivity contribution < 1.29 is 9.59 Å². The molecule has 0 spiro atoms. The Hall–Kier alpha value is -2.27. The van der Waals surface area contributed by atoms with Gasteiger partial charge < -0.3 is 15.7 Å². The summed E-state index contributed by atoms with van der Waals surface area (Å²) in [6.45, 7) is 3.87. The minimum Gasteiger partial charge on any atom is -0.352 e. The Labute approximate surface area is 123 Å². The predicted molar refractivity (Wildman–Crippen MR) is 83.1 cm³/mol. The van der Waals surface area contributed by atoms with Crippen molar-refractivity contribution in [3.63, 3.8) is 0 Å². The number of hydrogen-bond donors (Lipinski definition) is 3. The van der Waals surface area contributed by atoms with Gasteiger partial charge in [0.15, 0.2) is 12.1 Å². The van der Waals surface area contributed by atoms with Gasteiger partial charge in [0.1, 0.15) is 0 Å². The van der Waals surface area contributed by atoms with E-state index in [0.29, 0.717) is 11.4 Å². The molecule has 1 atom stereocenters. The first-order chi connectivity index (χ1) is 9.99. The molecule has 1 aromatic heterocycles. The van der Waals surface area contributed by atoms with Gasteiger partial charge in [0.2, 0.25) is 0 Å². The molecule has 0 aliphatic rings. The van der Waals surface area contributed by atoms with E-state index in [4.69, 9.17) is 5.41 Å². The minimum absolute atomic E-state index is 0.0142. The van der Waals surface area contributed by atoms with Gasteiger partial charge >= 0.3 is 0 Å². The number of nitrogens with one attached hydrogen (secondary N) is 3. The number of carbonyl (C=O) groups is 2. The fraction of sp³-hybridized carbons (Fsp3) is 0.312. The van der Waals surface area contributed by atoms with Crippen LogP contribution in [0.5, 0.6) is 0 Å². The van der Waals surface area contributed by atoms with Crippen LogP contribution >= 0.6 is 0 Å². The van der Waals surface area contributed by atoms with Crippen molar-refractivity contribution in [3.8, 4) is 0 Å². The normalized spacial score (nSPS) is 12.3. The van der Waals surface area contributed by atoms with E-state index < -0.39 is 0 Å². The Balaban J connectivity index is 2.05. The van der Waals surface area contributed by atoms with E-state index in [0.717, 1.165) is 22.8 Å². The summed E-state index contributed by atoms with van der Waals surface area (Å²) in [4.78, 5) is 25.4. The largest absolute Gasteiger partial charge is 0.352 e. The molecule has 0 saturated carbocycles. The highest BCUT2D eigenvalue weighted by molar-refractivity contribution is 6.00. The van der Waals surface area contributed by atoms with Crippen LogP contribution < -0.4 is 5.32 Å². The van der Waals surface area contributed by atoms with Gasteiger partial charge in [-0.3, -0.25) is 9.59 Å². The number of benzene rings is 1. The summed E-state index contributed by atoms with van der Waals surface area (Å²) in [6, 6.07) is 7.74. The second kappa shape index (κ2) is 6.45. The molecule has 0 aliphatic heterocycles. The molecule has 3 N–H and O–H groups in total. The Morgan fingerprint density at radius 2 is 2.19 bits per heavy atom. The molecule has 0 saturated heterocycles. The molecule has 0 radical (unpaired) electrons. The predicted octanol–water partition coefficient (Wildman–Crippen LogP) is 2.63. The fourth-order valence-corrected chi connectivity index (χ4v) is 2.25. The van der Waals surface area contributed by atoms with Gasteiger partial charge in [-0.15, -0.1) is 0 Å². The number of rotatable bonds is 7. The Bertz CT molecular complexity index is 688. The number of carbonyl (C=O) groups excluding carboxylic acids is 2. The first-order valence-electron chi connectivity index (χ1n) is 6.86. The molecule has 0 amide bonds. The van der Waals surface area contributed by atoms with E-state index in [9.17, 15) is 9.59 Å². The molecule has 2 rings (SSSR count). The molecule has 0 aliphatic carbocycles. The van der Waals surface area contributed by atoms with Gasteiger partial charge in [0, 0.05) is 29.1 Å². The highest BCUT2D eigenvalue weighted by Crippen LogP contribution is 2.20. The number of aromatic amines is 1. The van der Waals surface area contributed by atoms with Crippen molar-refractivity contribution >= 4 is 28.7 Å². The number of Topliss-reactive ketones (excluding diaryl/α,β-unsaturated/α-hetero) is 1. The Morgan fingerprint density at radius 3 is 2.86 bits per heavy atom. The van der Waals surface area contributed by atoms with Gasteiger partial charge in [-0.2, -0.15) is 0 Å². The van der Waals surface area contributed by atoms with Crippen molar-refractivity contribution in [1.82, 2.24) is 10.3 Å². The van der Waals surface area contributed by atoms with Crippen LogP contribution in [0.1, 0.15) is 42.4 Å². The second-order valence-corrected chi connectivity index (χ2v) is 5.29.